The number of hydrogen-bond acceptors (Lipinski definition) is 3. The SMILES string of the molecule is CNC(CCN(C)C(C)CSC)c1ccc(Br)cc1Cl. The van der Waals surface area contributed by atoms with E-state index in [9.17, 15) is 0 Å². The van der Waals surface area contributed by atoms with Crippen LogP contribution in [0.4, 0.5) is 0 Å². The lowest BCUT2D eigenvalue weighted by molar-refractivity contribution is 0.262. The number of benzene rings is 1. The van der Waals surface area contributed by atoms with Crippen molar-refractivity contribution in [1.82, 2.24) is 10.2 Å². The highest BCUT2D eigenvalue weighted by Crippen LogP contribution is 2.28. The summed E-state index contributed by atoms with van der Waals surface area (Å²) in [6, 6.07) is 6.99. The molecule has 0 saturated heterocycles. The average molecular weight is 380 g/mol. The first kappa shape index (κ1) is 18.3. The van der Waals surface area contributed by atoms with Crippen LogP contribution < -0.4 is 5.32 Å². The van der Waals surface area contributed by atoms with Gasteiger partial charge in [-0.2, -0.15) is 11.8 Å². The normalized spacial score (nSPS) is 14.6. The maximum Gasteiger partial charge on any atom is 0.0465 e. The highest BCUT2D eigenvalue weighted by atomic mass is 79.9. The number of halogens is 2. The second kappa shape index (κ2) is 9.31. The molecule has 1 aromatic rings. The maximum absolute atomic E-state index is 6.34. The van der Waals surface area contributed by atoms with Crippen LogP contribution in [0.25, 0.3) is 0 Å². The zero-order chi connectivity index (χ0) is 15.1. The van der Waals surface area contributed by atoms with Crippen LogP contribution in [0.3, 0.4) is 0 Å². The van der Waals surface area contributed by atoms with Crippen molar-refractivity contribution >= 4 is 39.3 Å². The zero-order valence-electron chi connectivity index (χ0n) is 12.6. The molecule has 2 atom stereocenters. The van der Waals surface area contributed by atoms with Crippen molar-refractivity contribution in [3.05, 3.63) is 33.3 Å². The van der Waals surface area contributed by atoms with Gasteiger partial charge in [0, 0.05) is 27.3 Å². The topological polar surface area (TPSA) is 15.3 Å². The molecule has 1 aromatic carbocycles. The Morgan fingerprint density at radius 2 is 2.15 bits per heavy atom. The molecule has 114 valence electrons. The van der Waals surface area contributed by atoms with Gasteiger partial charge in [0.25, 0.3) is 0 Å². The Labute approximate surface area is 140 Å². The van der Waals surface area contributed by atoms with Gasteiger partial charge >= 0.3 is 0 Å². The molecule has 0 bridgehead atoms. The van der Waals surface area contributed by atoms with Gasteiger partial charge in [-0.1, -0.05) is 33.6 Å². The van der Waals surface area contributed by atoms with Crippen LogP contribution in [0.1, 0.15) is 24.9 Å². The molecule has 5 heteroatoms. The average Bonchev–Trinajstić information content (AvgIpc) is 2.41. The molecule has 0 aliphatic rings. The Kier molecular flexibility index (Phi) is 8.53. The Balaban J connectivity index is 2.63. The summed E-state index contributed by atoms with van der Waals surface area (Å²) < 4.78 is 1.02. The van der Waals surface area contributed by atoms with Gasteiger partial charge in [-0.15, -0.1) is 0 Å². The molecule has 1 rings (SSSR count). The van der Waals surface area contributed by atoms with Gasteiger partial charge in [0.1, 0.15) is 0 Å². The lowest BCUT2D eigenvalue weighted by Crippen LogP contribution is -2.33. The summed E-state index contributed by atoms with van der Waals surface area (Å²) in [5.74, 6) is 1.17. The summed E-state index contributed by atoms with van der Waals surface area (Å²) >= 11 is 11.7. The molecule has 2 nitrogen and oxygen atoms in total. The van der Waals surface area contributed by atoms with Gasteiger partial charge in [0.15, 0.2) is 0 Å². The summed E-state index contributed by atoms with van der Waals surface area (Å²) in [5, 5.41) is 4.19. The molecule has 0 saturated carbocycles. The Morgan fingerprint density at radius 1 is 1.45 bits per heavy atom. The monoisotopic (exact) mass is 378 g/mol. The molecule has 20 heavy (non-hydrogen) atoms. The van der Waals surface area contributed by atoms with E-state index in [1.165, 1.54) is 11.3 Å². The van der Waals surface area contributed by atoms with Crippen molar-refractivity contribution in [2.45, 2.75) is 25.4 Å². The first-order valence-corrected chi connectivity index (χ1v) is 9.37. The fourth-order valence-corrected chi connectivity index (χ4v) is 3.70. The van der Waals surface area contributed by atoms with E-state index in [4.69, 9.17) is 11.6 Å². The molecule has 0 aliphatic carbocycles. The predicted molar refractivity (Wildman–Crippen MR) is 96.0 cm³/mol. The predicted octanol–water partition coefficient (Wildman–Crippen LogP) is 4.44. The van der Waals surface area contributed by atoms with Gasteiger partial charge < -0.3 is 10.2 Å². The van der Waals surface area contributed by atoms with Crippen LogP contribution in [0.2, 0.25) is 5.02 Å². The van der Waals surface area contributed by atoms with E-state index in [0.717, 1.165) is 22.5 Å². The second-order valence-electron chi connectivity index (χ2n) is 5.08. The number of rotatable bonds is 8. The molecular formula is C15H24BrClN2S. The van der Waals surface area contributed by atoms with Crippen LogP contribution in [0.15, 0.2) is 22.7 Å². The minimum Gasteiger partial charge on any atom is -0.313 e. The summed E-state index contributed by atoms with van der Waals surface area (Å²) in [5.41, 5.74) is 1.17. The minimum absolute atomic E-state index is 0.291. The molecule has 0 fully saturated rings. The van der Waals surface area contributed by atoms with Crippen molar-refractivity contribution in [2.24, 2.45) is 0 Å². The zero-order valence-corrected chi connectivity index (χ0v) is 15.8. The molecule has 0 aliphatic heterocycles. The minimum atomic E-state index is 0.291. The van der Waals surface area contributed by atoms with Gasteiger partial charge in [-0.3, -0.25) is 0 Å². The smallest absolute Gasteiger partial charge is 0.0465 e. The van der Waals surface area contributed by atoms with E-state index < -0.39 is 0 Å². The number of nitrogens with zero attached hydrogens (tertiary/aromatic N) is 1. The van der Waals surface area contributed by atoms with E-state index >= 15 is 0 Å². The largest absolute Gasteiger partial charge is 0.313 e. The van der Waals surface area contributed by atoms with Gasteiger partial charge in [0.2, 0.25) is 0 Å². The van der Waals surface area contributed by atoms with Gasteiger partial charge in [0.05, 0.1) is 0 Å². The highest BCUT2D eigenvalue weighted by molar-refractivity contribution is 9.10. The third-order valence-corrected chi connectivity index (χ3v) is 5.25. The summed E-state index contributed by atoms with van der Waals surface area (Å²) in [7, 11) is 4.19. The molecule has 0 amide bonds. The van der Waals surface area contributed by atoms with Crippen molar-refractivity contribution in [1.29, 1.82) is 0 Å². The Morgan fingerprint density at radius 3 is 2.70 bits per heavy atom. The van der Waals surface area contributed by atoms with Crippen LogP contribution in [0.5, 0.6) is 0 Å². The van der Waals surface area contributed by atoms with E-state index in [1.54, 1.807) is 0 Å². The first-order valence-electron chi connectivity index (χ1n) is 6.81. The molecule has 2 unspecified atom stereocenters. The van der Waals surface area contributed by atoms with Crippen molar-refractivity contribution in [2.75, 3.05) is 32.6 Å². The van der Waals surface area contributed by atoms with E-state index in [0.29, 0.717) is 12.1 Å². The maximum atomic E-state index is 6.34. The van der Waals surface area contributed by atoms with Crippen molar-refractivity contribution in [3.8, 4) is 0 Å². The molecule has 1 N–H and O–H groups in total. The summed E-state index contributed by atoms with van der Waals surface area (Å²) in [6.45, 7) is 3.33. The van der Waals surface area contributed by atoms with E-state index in [1.807, 2.05) is 30.9 Å². The van der Waals surface area contributed by atoms with Crippen LogP contribution >= 0.6 is 39.3 Å². The molecular weight excluding hydrogens is 356 g/mol. The lowest BCUT2D eigenvalue weighted by atomic mass is 10.0. The third-order valence-electron chi connectivity index (χ3n) is 3.62. The third kappa shape index (κ3) is 5.57. The standard InChI is InChI=1S/C15H24BrClN2S/c1-11(10-20-4)19(3)8-7-15(18-2)13-6-5-12(16)9-14(13)17/h5-6,9,11,15,18H,7-8,10H2,1-4H3. The van der Waals surface area contributed by atoms with Crippen molar-refractivity contribution < 1.29 is 0 Å². The highest BCUT2D eigenvalue weighted by Gasteiger charge is 2.15. The summed E-state index contributed by atoms with van der Waals surface area (Å²) in [6.07, 6.45) is 3.20. The first-order chi connectivity index (χ1) is 9.49. The van der Waals surface area contributed by atoms with Crippen LogP contribution in [-0.4, -0.2) is 43.6 Å². The quantitative estimate of drug-likeness (QED) is 0.719. The van der Waals surface area contributed by atoms with Gasteiger partial charge in [-0.25, -0.2) is 0 Å². The molecule has 0 spiro atoms. The van der Waals surface area contributed by atoms with Crippen LogP contribution in [-0.2, 0) is 0 Å². The van der Waals surface area contributed by atoms with E-state index in [-0.39, 0.29) is 0 Å². The molecule has 0 heterocycles. The fraction of sp³-hybridized carbons (Fsp3) is 0.600. The van der Waals surface area contributed by atoms with E-state index in [2.05, 4.69) is 52.4 Å². The number of thioether (sulfide) groups is 1. The van der Waals surface area contributed by atoms with Crippen LogP contribution in [0, 0.1) is 0 Å². The Hall–Kier alpha value is 0.260. The summed E-state index contributed by atoms with van der Waals surface area (Å²) in [4.78, 5) is 2.41. The number of nitrogens with one attached hydrogen (secondary N) is 1. The Bertz CT molecular complexity index is 417. The fourth-order valence-electron chi connectivity index (χ4n) is 2.16. The van der Waals surface area contributed by atoms with Crippen molar-refractivity contribution in [3.63, 3.8) is 0 Å². The number of hydrogen-bond donors (Lipinski definition) is 1. The molecule has 0 aromatic heterocycles. The van der Waals surface area contributed by atoms with Gasteiger partial charge in [-0.05, 0) is 57.9 Å². The second-order valence-corrected chi connectivity index (χ2v) is 7.31. The molecule has 0 radical (unpaired) electrons. The lowest BCUT2D eigenvalue weighted by Gasteiger charge is -2.27.